The maximum atomic E-state index is 14.6. The lowest BCUT2D eigenvalue weighted by Crippen LogP contribution is -2.24. The topological polar surface area (TPSA) is 31.4 Å². The van der Waals surface area contributed by atoms with E-state index in [1.54, 1.807) is 49.6 Å². The highest BCUT2D eigenvalue weighted by atomic mass is 19.1. The Morgan fingerprint density at radius 1 is 1.05 bits per heavy atom. The van der Waals surface area contributed by atoms with E-state index in [9.17, 15) is 4.39 Å². The monoisotopic (exact) mass is 257 g/mol. The minimum Gasteiger partial charge on any atom is -0.453 e. The number of pyridine rings is 1. The van der Waals surface area contributed by atoms with Crippen LogP contribution in [0.4, 0.5) is 4.39 Å². The van der Waals surface area contributed by atoms with E-state index < -0.39 is 5.79 Å². The molecule has 0 bridgehead atoms. The van der Waals surface area contributed by atoms with Gasteiger partial charge in [-0.1, -0.05) is 12.1 Å². The summed E-state index contributed by atoms with van der Waals surface area (Å²) in [6.45, 7) is 1.68. The van der Waals surface area contributed by atoms with E-state index in [0.29, 0.717) is 11.1 Å². The summed E-state index contributed by atoms with van der Waals surface area (Å²) >= 11 is 0. The molecule has 0 spiro atoms. The normalized spacial score (nSPS) is 15.9. The zero-order valence-corrected chi connectivity index (χ0v) is 10.3. The highest BCUT2D eigenvalue weighted by molar-refractivity contribution is 5.64. The largest absolute Gasteiger partial charge is 0.453 e. The van der Waals surface area contributed by atoms with Crippen LogP contribution >= 0.6 is 0 Å². The second kappa shape index (κ2) is 4.39. The molecular formula is C15H12FNO2. The Kier molecular flexibility index (Phi) is 2.71. The lowest BCUT2D eigenvalue weighted by molar-refractivity contribution is -0.135. The minimum atomic E-state index is -1.10. The molecule has 0 radical (unpaired) electrons. The fourth-order valence-corrected chi connectivity index (χ4v) is 2.11. The SMILES string of the molecule is CC1(c2cccc(-c3ccncc3)c2F)OC=CO1. The molecule has 0 aliphatic carbocycles. The molecule has 96 valence electrons. The van der Waals surface area contributed by atoms with E-state index in [1.165, 1.54) is 12.5 Å². The molecule has 0 saturated heterocycles. The summed E-state index contributed by atoms with van der Waals surface area (Å²) in [4.78, 5) is 3.93. The molecule has 2 heterocycles. The molecule has 1 aromatic carbocycles. The van der Waals surface area contributed by atoms with Crippen molar-refractivity contribution in [3.63, 3.8) is 0 Å². The van der Waals surface area contributed by atoms with Crippen LogP contribution in [0.15, 0.2) is 55.2 Å². The van der Waals surface area contributed by atoms with Gasteiger partial charge in [0.15, 0.2) is 0 Å². The quantitative estimate of drug-likeness (QED) is 0.824. The Morgan fingerprint density at radius 3 is 2.42 bits per heavy atom. The van der Waals surface area contributed by atoms with Crippen molar-refractivity contribution >= 4 is 0 Å². The summed E-state index contributed by atoms with van der Waals surface area (Å²) in [5.74, 6) is -1.45. The van der Waals surface area contributed by atoms with E-state index in [2.05, 4.69) is 4.98 Å². The van der Waals surface area contributed by atoms with Gasteiger partial charge in [-0.3, -0.25) is 4.98 Å². The molecular weight excluding hydrogens is 245 g/mol. The number of hydrogen-bond donors (Lipinski definition) is 0. The van der Waals surface area contributed by atoms with E-state index >= 15 is 0 Å². The van der Waals surface area contributed by atoms with Crippen LogP contribution in [-0.2, 0) is 15.3 Å². The number of hydrogen-bond acceptors (Lipinski definition) is 3. The lowest BCUT2D eigenvalue weighted by Gasteiger charge is -2.24. The van der Waals surface area contributed by atoms with Crippen molar-refractivity contribution < 1.29 is 13.9 Å². The first-order chi connectivity index (χ1) is 9.21. The summed E-state index contributed by atoms with van der Waals surface area (Å²) in [6.07, 6.45) is 6.09. The van der Waals surface area contributed by atoms with Gasteiger partial charge in [0.1, 0.15) is 18.3 Å². The van der Waals surface area contributed by atoms with E-state index in [-0.39, 0.29) is 5.82 Å². The van der Waals surface area contributed by atoms with Crippen LogP contribution in [0, 0.1) is 5.82 Å². The molecule has 3 nitrogen and oxygen atoms in total. The molecule has 1 aliphatic heterocycles. The van der Waals surface area contributed by atoms with E-state index in [0.717, 1.165) is 5.56 Å². The van der Waals surface area contributed by atoms with Gasteiger partial charge in [-0.05, 0) is 23.8 Å². The van der Waals surface area contributed by atoms with Crippen molar-refractivity contribution in [3.8, 4) is 11.1 Å². The first-order valence-electron chi connectivity index (χ1n) is 5.91. The first kappa shape index (κ1) is 11.7. The fourth-order valence-electron chi connectivity index (χ4n) is 2.11. The minimum absolute atomic E-state index is 0.347. The van der Waals surface area contributed by atoms with Gasteiger partial charge in [0, 0.05) is 24.9 Å². The highest BCUT2D eigenvalue weighted by Gasteiger charge is 2.35. The van der Waals surface area contributed by atoms with Crippen molar-refractivity contribution in [2.45, 2.75) is 12.7 Å². The van der Waals surface area contributed by atoms with E-state index in [1.807, 2.05) is 0 Å². The number of benzene rings is 1. The molecule has 1 aliphatic rings. The van der Waals surface area contributed by atoms with Gasteiger partial charge in [0.05, 0.1) is 5.56 Å². The Balaban J connectivity index is 2.10. The van der Waals surface area contributed by atoms with Crippen molar-refractivity contribution in [1.29, 1.82) is 0 Å². The average Bonchev–Trinajstić information content (AvgIpc) is 2.88. The van der Waals surface area contributed by atoms with Crippen LogP contribution in [0.1, 0.15) is 12.5 Å². The zero-order valence-electron chi connectivity index (χ0n) is 10.3. The van der Waals surface area contributed by atoms with Crippen LogP contribution in [0.25, 0.3) is 11.1 Å². The average molecular weight is 257 g/mol. The fraction of sp³-hybridized carbons (Fsp3) is 0.133. The third-order valence-corrected chi connectivity index (χ3v) is 3.12. The molecule has 4 heteroatoms. The van der Waals surface area contributed by atoms with E-state index in [4.69, 9.17) is 9.47 Å². The van der Waals surface area contributed by atoms with Gasteiger partial charge in [0.2, 0.25) is 0 Å². The van der Waals surface area contributed by atoms with Gasteiger partial charge >= 0.3 is 0 Å². The molecule has 0 saturated carbocycles. The van der Waals surface area contributed by atoms with Crippen molar-refractivity contribution in [3.05, 3.63) is 66.6 Å². The number of rotatable bonds is 2. The van der Waals surface area contributed by atoms with Crippen LogP contribution in [0.5, 0.6) is 0 Å². The molecule has 3 rings (SSSR count). The molecule has 19 heavy (non-hydrogen) atoms. The second-order valence-corrected chi connectivity index (χ2v) is 4.36. The number of aromatic nitrogens is 1. The molecule has 0 atom stereocenters. The zero-order chi connectivity index (χ0) is 13.3. The summed E-state index contributed by atoms with van der Waals surface area (Å²) in [5, 5.41) is 0. The second-order valence-electron chi connectivity index (χ2n) is 4.36. The van der Waals surface area contributed by atoms with Crippen molar-refractivity contribution in [2.75, 3.05) is 0 Å². The van der Waals surface area contributed by atoms with Crippen molar-refractivity contribution in [2.24, 2.45) is 0 Å². The van der Waals surface area contributed by atoms with Crippen LogP contribution in [-0.4, -0.2) is 4.98 Å². The maximum absolute atomic E-state index is 14.6. The third kappa shape index (κ3) is 1.95. The smallest absolute Gasteiger partial charge is 0.276 e. The lowest BCUT2D eigenvalue weighted by atomic mass is 9.99. The summed E-state index contributed by atoms with van der Waals surface area (Å²) < 4.78 is 25.3. The number of ether oxygens (including phenoxy) is 2. The summed E-state index contributed by atoms with van der Waals surface area (Å²) in [5.41, 5.74) is 1.64. The third-order valence-electron chi connectivity index (χ3n) is 3.12. The standard InChI is InChI=1S/C15H12FNO2/c1-15(18-9-10-19-15)13-4-2-3-12(14(13)16)11-5-7-17-8-6-11/h2-10H,1H3. The van der Waals surface area contributed by atoms with Gasteiger partial charge in [0.25, 0.3) is 5.79 Å². The van der Waals surface area contributed by atoms with Gasteiger partial charge in [-0.15, -0.1) is 0 Å². The maximum Gasteiger partial charge on any atom is 0.276 e. The molecule has 0 fully saturated rings. The van der Waals surface area contributed by atoms with Crippen LogP contribution < -0.4 is 0 Å². The van der Waals surface area contributed by atoms with Crippen LogP contribution in [0.2, 0.25) is 0 Å². The molecule has 1 aromatic heterocycles. The number of nitrogens with zero attached hydrogens (tertiary/aromatic N) is 1. The Morgan fingerprint density at radius 2 is 1.74 bits per heavy atom. The van der Waals surface area contributed by atoms with Crippen LogP contribution in [0.3, 0.4) is 0 Å². The van der Waals surface area contributed by atoms with Gasteiger partial charge < -0.3 is 9.47 Å². The first-order valence-corrected chi connectivity index (χ1v) is 5.91. The predicted octanol–water partition coefficient (Wildman–Crippen LogP) is 3.58. The van der Waals surface area contributed by atoms with Gasteiger partial charge in [-0.2, -0.15) is 0 Å². The molecule has 2 aromatic rings. The summed E-state index contributed by atoms with van der Waals surface area (Å²) in [6, 6.07) is 8.69. The molecule has 0 unspecified atom stereocenters. The van der Waals surface area contributed by atoms with Gasteiger partial charge in [-0.25, -0.2) is 4.39 Å². The Hall–Kier alpha value is -2.36. The van der Waals surface area contributed by atoms with Crippen molar-refractivity contribution in [1.82, 2.24) is 4.98 Å². The highest BCUT2D eigenvalue weighted by Crippen LogP contribution is 2.36. The molecule has 0 N–H and O–H groups in total. The Labute approximate surface area is 110 Å². The number of halogens is 1. The summed E-state index contributed by atoms with van der Waals surface area (Å²) in [7, 11) is 0. The predicted molar refractivity (Wildman–Crippen MR) is 68.3 cm³/mol. The Bertz CT molecular complexity index is 617. The molecule has 0 amide bonds.